The average Bonchev–Trinajstić information content (AvgIpc) is 2.52. The fraction of sp³-hybridized carbons (Fsp3) is 0.222. The van der Waals surface area contributed by atoms with Crippen LogP contribution in [0, 0.1) is 13.8 Å². The van der Waals surface area contributed by atoms with Gasteiger partial charge in [-0.2, -0.15) is 5.10 Å². The Bertz CT molecular complexity index is 741. The molecular weight excluding hydrogens is 326 g/mol. The van der Waals surface area contributed by atoms with Crippen molar-refractivity contribution in [2.75, 3.05) is 5.32 Å². The van der Waals surface area contributed by atoms with Crippen molar-refractivity contribution in [3.63, 3.8) is 0 Å². The smallest absolute Gasteiger partial charge is 0.191 e. The zero-order valence-electron chi connectivity index (χ0n) is 13.5. The Morgan fingerprint density at radius 1 is 1.13 bits per heavy atom. The molecule has 0 aliphatic rings. The summed E-state index contributed by atoms with van der Waals surface area (Å²) in [6.45, 7) is 6.20. The lowest BCUT2D eigenvalue weighted by molar-refractivity contribution is 1.02. The van der Waals surface area contributed by atoms with Crippen LogP contribution >= 0.6 is 23.8 Å². The van der Waals surface area contributed by atoms with Crippen LogP contribution in [0.5, 0.6) is 0 Å². The van der Waals surface area contributed by atoms with Gasteiger partial charge < -0.3 is 5.32 Å². The summed E-state index contributed by atoms with van der Waals surface area (Å²) in [6.07, 6.45) is 0.777. The topological polar surface area (TPSA) is 36.4 Å². The van der Waals surface area contributed by atoms with E-state index in [9.17, 15) is 0 Å². The fourth-order valence-electron chi connectivity index (χ4n) is 2.11. The number of thiocarbonyl (C=S) groups is 1. The van der Waals surface area contributed by atoms with Gasteiger partial charge in [-0.1, -0.05) is 36.7 Å². The molecule has 2 N–H and O–H groups in total. The molecule has 0 amide bonds. The van der Waals surface area contributed by atoms with Gasteiger partial charge >= 0.3 is 0 Å². The fourth-order valence-corrected chi connectivity index (χ4v) is 2.47. The lowest BCUT2D eigenvalue weighted by Crippen LogP contribution is -2.25. The van der Waals surface area contributed by atoms with Crippen molar-refractivity contribution in [3.8, 4) is 0 Å². The number of anilines is 1. The van der Waals surface area contributed by atoms with Crippen molar-refractivity contribution in [2.45, 2.75) is 27.2 Å². The van der Waals surface area contributed by atoms with Crippen LogP contribution < -0.4 is 10.7 Å². The molecular formula is C18H20ClN3S. The van der Waals surface area contributed by atoms with Crippen molar-refractivity contribution in [3.05, 3.63) is 64.2 Å². The van der Waals surface area contributed by atoms with E-state index in [1.165, 1.54) is 11.1 Å². The van der Waals surface area contributed by atoms with E-state index in [1.54, 1.807) is 0 Å². The molecule has 0 radical (unpaired) electrons. The van der Waals surface area contributed by atoms with Crippen molar-refractivity contribution in [1.82, 2.24) is 5.43 Å². The Morgan fingerprint density at radius 2 is 1.91 bits per heavy atom. The maximum absolute atomic E-state index is 6.03. The zero-order valence-corrected chi connectivity index (χ0v) is 15.1. The van der Waals surface area contributed by atoms with Gasteiger partial charge in [0.2, 0.25) is 0 Å². The molecule has 0 fully saturated rings. The van der Waals surface area contributed by atoms with Gasteiger partial charge in [0.1, 0.15) is 0 Å². The SMILES string of the molecule is CCC(=NNC(=S)Nc1ccc(C)c(C)c1)c1cccc(Cl)c1. The van der Waals surface area contributed by atoms with E-state index in [1.807, 2.05) is 37.3 Å². The van der Waals surface area contributed by atoms with Crippen molar-refractivity contribution in [2.24, 2.45) is 5.10 Å². The highest BCUT2D eigenvalue weighted by atomic mass is 35.5. The number of hydrazone groups is 1. The molecule has 0 heterocycles. The standard InChI is InChI=1S/C18H20ClN3S/c1-4-17(14-6-5-7-15(19)11-14)21-22-18(23)20-16-9-8-12(2)13(3)10-16/h5-11H,4H2,1-3H3,(H2,20,22,23). The molecule has 2 aromatic carbocycles. The highest BCUT2D eigenvalue weighted by molar-refractivity contribution is 7.80. The van der Waals surface area contributed by atoms with Crippen LogP contribution in [0.15, 0.2) is 47.6 Å². The Balaban J connectivity index is 2.05. The maximum atomic E-state index is 6.03. The largest absolute Gasteiger partial charge is 0.331 e. The maximum Gasteiger partial charge on any atom is 0.191 e. The summed E-state index contributed by atoms with van der Waals surface area (Å²) >= 11 is 11.3. The number of halogens is 1. The first-order valence-corrected chi connectivity index (χ1v) is 8.25. The molecule has 0 aliphatic heterocycles. The van der Waals surface area contributed by atoms with Crippen LogP contribution in [0.3, 0.4) is 0 Å². The number of nitrogens with one attached hydrogen (secondary N) is 2. The first kappa shape index (κ1) is 17.4. The van der Waals surface area contributed by atoms with Gasteiger partial charge in [-0.3, -0.25) is 5.43 Å². The van der Waals surface area contributed by atoms with Crippen LogP contribution in [0.2, 0.25) is 5.02 Å². The second-order valence-corrected chi connectivity index (χ2v) is 6.13. The molecule has 0 spiro atoms. The van der Waals surface area contributed by atoms with E-state index in [-0.39, 0.29) is 0 Å². The molecule has 5 heteroatoms. The van der Waals surface area contributed by atoms with Crippen molar-refractivity contribution in [1.29, 1.82) is 0 Å². The van der Waals surface area contributed by atoms with Gasteiger partial charge in [-0.15, -0.1) is 0 Å². The third kappa shape index (κ3) is 5.05. The summed E-state index contributed by atoms with van der Waals surface area (Å²) in [5.41, 5.74) is 8.20. The summed E-state index contributed by atoms with van der Waals surface area (Å²) in [5.74, 6) is 0. The summed E-state index contributed by atoms with van der Waals surface area (Å²) in [6, 6.07) is 13.8. The van der Waals surface area contributed by atoms with Gasteiger partial charge in [0.05, 0.1) is 5.71 Å². The Labute approximate surface area is 147 Å². The number of aryl methyl sites for hydroxylation is 2. The minimum absolute atomic E-state index is 0.459. The molecule has 0 saturated heterocycles. The summed E-state index contributed by atoms with van der Waals surface area (Å²) in [5, 5.41) is 8.69. The quantitative estimate of drug-likeness (QED) is 0.462. The van der Waals surface area contributed by atoms with Crippen LogP contribution in [-0.4, -0.2) is 10.8 Å². The van der Waals surface area contributed by atoms with Crippen LogP contribution in [0.1, 0.15) is 30.0 Å². The Hall–Kier alpha value is -1.91. The molecule has 3 nitrogen and oxygen atoms in total. The number of rotatable bonds is 4. The van der Waals surface area contributed by atoms with E-state index in [2.05, 4.69) is 41.8 Å². The van der Waals surface area contributed by atoms with Crippen molar-refractivity contribution < 1.29 is 0 Å². The van der Waals surface area contributed by atoms with Gasteiger partial charge in [-0.05, 0) is 73.4 Å². The lowest BCUT2D eigenvalue weighted by Gasteiger charge is -2.10. The molecule has 120 valence electrons. The third-order valence-corrected chi connectivity index (χ3v) is 3.98. The predicted molar refractivity (Wildman–Crippen MR) is 104 cm³/mol. The number of hydrogen-bond acceptors (Lipinski definition) is 2. The van der Waals surface area contributed by atoms with Gasteiger partial charge in [0, 0.05) is 10.7 Å². The summed E-state index contributed by atoms with van der Waals surface area (Å²) in [7, 11) is 0. The summed E-state index contributed by atoms with van der Waals surface area (Å²) < 4.78 is 0. The second-order valence-electron chi connectivity index (χ2n) is 5.29. The normalized spacial score (nSPS) is 11.2. The minimum Gasteiger partial charge on any atom is -0.331 e. The number of nitrogens with zero attached hydrogens (tertiary/aromatic N) is 1. The predicted octanol–water partition coefficient (Wildman–Crippen LogP) is 5.06. The first-order valence-electron chi connectivity index (χ1n) is 7.46. The Kier molecular flexibility index (Phi) is 6.13. The average molecular weight is 346 g/mol. The Morgan fingerprint density at radius 3 is 2.57 bits per heavy atom. The van der Waals surface area contributed by atoms with E-state index in [0.29, 0.717) is 10.1 Å². The molecule has 0 bridgehead atoms. The molecule has 2 rings (SSSR count). The van der Waals surface area contributed by atoms with Gasteiger partial charge in [0.15, 0.2) is 5.11 Å². The number of hydrogen-bond donors (Lipinski definition) is 2. The molecule has 2 aromatic rings. The van der Waals surface area contributed by atoms with Crippen LogP contribution in [0.4, 0.5) is 5.69 Å². The van der Waals surface area contributed by atoms with Gasteiger partial charge in [-0.25, -0.2) is 0 Å². The molecule has 0 aromatic heterocycles. The highest BCUT2D eigenvalue weighted by Gasteiger charge is 2.03. The van der Waals surface area contributed by atoms with E-state index in [4.69, 9.17) is 23.8 Å². The highest BCUT2D eigenvalue weighted by Crippen LogP contribution is 2.14. The molecule has 0 unspecified atom stereocenters. The monoisotopic (exact) mass is 345 g/mol. The molecule has 0 saturated carbocycles. The second kappa shape index (κ2) is 8.09. The zero-order chi connectivity index (χ0) is 16.8. The van der Waals surface area contributed by atoms with E-state index < -0.39 is 0 Å². The van der Waals surface area contributed by atoms with Crippen LogP contribution in [0.25, 0.3) is 0 Å². The summed E-state index contributed by atoms with van der Waals surface area (Å²) in [4.78, 5) is 0. The third-order valence-electron chi connectivity index (χ3n) is 3.55. The molecule has 0 atom stereocenters. The number of benzene rings is 2. The van der Waals surface area contributed by atoms with E-state index in [0.717, 1.165) is 23.4 Å². The van der Waals surface area contributed by atoms with E-state index >= 15 is 0 Å². The minimum atomic E-state index is 0.459. The molecule has 0 aliphatic carbocycles. The van der Waals surface area contributed by atoms with Gasteiger partial charge in [0.25, 0.3) is 0 Å². The van der Waals surface area contributed by atoms with Crippen LogP contribution in [-0.2, 0) is 0 Å². The molecule has 23 heavy (non-hydrogen) atoms. The lowest BCUT2D eigenvalue weighted by atomic mass is 10.1. The van der Waals surface area contributed by atoms with Crippen molar-refractivity contribution >= 4 is 40.3 Å². The first-order chi connectivity index (χ1) is 11.0.